The number of aryl methyl sites for hydroxylation is 4. The molecule has 30 heavy (non-hydrogen) atoms. The Morgan fingerprint density at radius 1 is 1.13 bits per heavy atom. The van der Waals surface area contributed by atoms with Gasteiger partial charge in [0, 0.05) is 10.6 Å². The molecule has 1 unspecified atom stereocenters. The van der Waals surface area contributed by atoms with Crippen LogP contribution in [-0.2, 0) is 17.6 Å². The van der Waals surface area contributed by atoms with Crippen molar-refractivity contribution in [3.63, 3.8) is 0 Å². The quantitative estimate of drug-likeness (QED) is 0.535. The molecule has 1 N–H and O–H groups in total. The van der Waals surface area contributed by atoms with Gasteiger partial charge in [-0.1, -0.05) is 37.6 Å². The molecule has 0 fully saturated rings. The summed E-state index contributed by atoms with van der Waals surface area (Å²) >= 11 is 6.20. The predicted octanol–water partition coefficient (Wildman–Crippen LogP) is 5.54. The number of carbonyl (C=O) groups is 1. The van der Waals surface area contributed by atoms with Gasteiger partial charge in [0.1, 0.15) is 5.75 Å². The van der Waals surface area contributed by atoms with E-state index >= 15 is 0 Å². The number of rotatable bonds is 7. The van der Waals surface area contributed by atoms with Crippen LogP contribution in [0.5, 0.6) is 5.75 Å². The van der Waals surface area contributed by atoms with Crippen LogP contribution in [0.1, 0.15) is 43.0 Å². The molecule has 0 saturated heterocycles. The first-order chi connectivity index (χ1) is 14.3. The van der Waals surface area contributed by atoms with E-state index in [1.165, 1.54) is 5.56 Å². The van der Waals surface area contributed by atoms with Crippen molar-refractivity contribution in [1.82, 2.24) is 10.3 Å². The lowest BCUT2D eigenvalue weighted by Crippen LogP contribution is -2.30. The molecule has 0 aliphatic rings. The number of amides is 1. The Morgan fingerprint density at radius 2 is 1.83 bits per heavy atom. The summed E-state index contributed by atoms with van der Waals surface area (Å²) in [5.74, 6) is 0.517. The minimum Gasteiger partial charge on any atom is -0.481 e. The van der Waals surface area contributed by atoms with Crippen molar-refractivity contribution in [2.45, 2.75) is 53.6 Å². The van der Waals surface area contributed by atoms with Crippen molar-refractivity contribution in [3.05, 3.63) is 57.6 Å². The van der Waals surface area contributed by atoms with Gasteiger partial charge in [0.15, 0.2) is 11.8 Å². The monoisotopic (exact) mass is 427 g/mol. The number of nitrogens with zero attached hydrogens (tertiary/aromatic N) is 2. The van der Waals surface area contributed by atoms with E-state index in [-0.39, 0.29) is 11.7 Å². The van der Waals surface area contributed by atoms with E-state index in [0.29, 0.717) is 16.5 Å². The van der Waals surface area contributed by atoms with Crippen LogP contribution in [-0.4, -0.2) is 22.3 Å². The summed E-state index contributed by atoms with van der Waals surface area (Å²) in [5.41, 5.74) is 5.49. The first-order valence-electron chi connectivity index (χ1n) is 10.0. The lowest BCUT2D eigenvalue weighted by atomic mass is 9.98. The lowest BCUT2D eigenvalue weighted by Gasteiger charge is -2.16. The molecule has 1 atom stereocenters. The zero-order valence-electron chi connectivity index (χ0n) is 17.9. The average molecular weight is 428 g/mol. The SMILES string of the molecule is CCc1ccc(CC)c(-c2nonc2NC(=O)C(C)Oc2cc(C)c(Cl)c(C)c2)c1. The van der Waals surface area contributed by atoms with E-state index in [1.54, 1.807) is 6.92 Å². The number of anilines is 1. The van der Waals surface area contributed by atoms with Crippen LogP contribution in [0.25, 0.3) is 11.3 Å². The van der Waals surface area contributed by atoms with Gasteiger partial charge in [0.2, 0.25) is 5.82 Å². The first kappa shape index (κ1) is 21.8. The maximum absolute atomic E-state index is 12.7. The normalized spacial score (nSPS) is 11.9. The van der Waals surface area contributed by atoms with Gasteiger partial charge in [-0.3, -0.25) is 4.79 Å². The number of hydrogen-bond donors (Lipinski definition) is 1. The van der Waals surface area contributed by atoms with E-state index in [2.05, 4.69) is 47.7 Å². The van der Waals surface area contributed by atoms with Crippen molar-refractivity contribution in [1.29, 1.82) is 0 Å². The molecule has 0 spiro atoms. The summed E-state index contributed by atoms with van der Waals surface area (Å²) in [6, 6.07) is 9.86. The summed E-state index contributed by atoms with van der Waals surface area (Å²) < 4.78 is 10.8. The van der Waals surface area contributed by atoms with Crippen molar-refractivity contribution >= 4 is 23.3 Å². The van der Waals surface area contributed by atoms with Crippen LogP contribution in [0.4, 0.5) is 5.82 Å². The van der Waals surface area contributed by atoms with E-state index < -0.39 is 6.10 Å². The highest BCUT2D eigenvalue weighted by molar-refractivity contribution is 6.32. The Kier molecular flexibility index (Phi) is 6.77. The van der Waals surface area contributed by atoms with Crippen molar-refractivity contribution < 1.29 is 14.2 Å². The highest BCUT2D eigenvalue weighted by Gasteiger charge is 2.22. The van der Waals surface area contributed by atoms with Crippen molar-refractivity contribution in [3.8, 4) is 17.0 Å². The molecule has 0 radical (unpaired) electrons. The Balaban J connectivity index is 1.80. The fourth-order valence-electron chi connectivity index (χ4n) is 3.27. The van der Waals surface area contributed by atoms with Gasteiger partial charge < -0.3 is 10.1 Å². The summed E-state index contributed by atoms with van der Waals surface area (Å²) in [6.45, 7) is 9.64. The zero-order chi connectivity index (χ0) is 21.8. The standard InChI is InChI=1S/C23H26ClN3O3/c1-6-16-8-9-17(7-2)19(12-16)21-22(27-30-26-21)25-23(28)15(5)29-18-10-13(3)20(24)14(4)11-18/h8-12,15H,6-7H2,1-5H3,(H,25,27,28). The molecule has 7 heteroatoms. The minimum absolute atomic E-state index is 0.280. The molecule has 0 saturated carbocycles. The Hall–Kier alpha value is -2.86. The lowest BCUT2D eigenvalue weighted by molar-refractivity contribution is -0.122. The third kappa shape index (κ3) is 4.65. The molecule has 3 rings (SSSR count). The average Bonchev–Trinajstić information content (AvgIpc) is 3.19. The molecule has 0 aliphatic heterocycles. The molecule has 0 aliphatic carbocycles. The van der Waals surface area contributed by atoms with E-state index in [9.17, 15) is 4.79 Å². The van der Waals surface area contributed by atoms with Crippen LogP contribution >= 0.6 is 11.6 Å². The largest absolute Gasteiger partial charge is 0.481 e. The van der Waals surface area contributed by atoms with E-state index in [1.807, 2.05) is 26.0 Å². The van der Waals surface area contributed by atoms with Gasteiger partial charge in [-0.2, -0.15) is 0 Å². The fraction of sp³-hybridized carbons (Fsp3) is 0.348. The molecule has 158 valence electrons. The molecule has 0 bridgehead atoms. The number of benzene rings is 2. The number of ether oxygens (including phenoxy) is 1. The third-order valence-electron chi connectivity index (χ3n) is 5.04. The molecule has 1 aromatic heterocycles. The summed E-state index contributed by atoms with van der Waals surface area (Å²) in [7, 11) is 0. The molecule has 2 aromatic carbocycles. The molecule has 1 heterocycles. The molecular formula is C23H26ClN3O3. The summed E-state index contributed by atoms with van der Waals surface area (Å²) in [4.78, 5) is 12.7. The fourth-order valence-corrected chi connectivity index (χ4v) is 3.38. The second-order valence-corrected chi connectivity index (χ2v) is 7.66. The maximum atomic E-state index is 12.7. The number of nitrogens with one attached hydrogen (secondary N) is 1. The number of aromatic nitrogens is 2. The number of carbonyl (C=O) groups excluding carboxylic acids is 1. The Labute approximate surface area is 181 Å². The van der Waals surface area contributed by atoms with Crippen LogP contribution in [0.2, 0.25) is 5.02 Å². The van der Waals surface area contributed by atoms with Crippen molar-refractivity contribution in [2.75, 3.05) is 5.32 Å². The van der Waals surface area contributed by atoms with Crippen LogP contribution in [0.15, 0.2) is 35.0 Å². The smallest absolute Gasteiger partial charge is 0.266 e. The second-order valence-electron chi connectivity index (χ2n) is 7.28. The molecular weight excluding hydrogens is 402 g/mol. The van der Waals surface area contributed by atoms with E-state index in [4.69, 9.17) is 21.0 Å². The van der Waals surface area contributed by atoms with Crippen LogP contribution in [0, 0.1) is 13.8 Å². The van der Waals surface area contributed by atoms with Gasteiger partial charge in [0.05, 0.1) is 0 Å². The molecule has 1 amide bonds. The van der Waals surface area contributed by atoms with Gasteiger partial charge in [-0.25, -0.2) is 4.63 Å². The maximum Gasteiger partial charge on any atom is 0.266 e. The Morgan fingerprint density at radius 3 is 2.47 bits per heavy atom. The van der Waals surface area contributed by atoms with Gasteiger partial charge in [0.25, 0.3) is 5.91 Å². The zero-order valence-corrected chi connectivity index (χ0v) is 18.6. The van der Waals surface area contributed by atoms with Crippen molar-refractivity contribution in [2.24, 2.45) is 0 Å². The van der Waals surface area contributed by atoms with Crippen LogP contribution in [0.3, 0.4) is 0 Å². The first-order valence-corrected chi connectivity index (χ1v) is 10.4. The molecule has 3 aromatic rings. The minimum atomic E-state index is -0.748. The number of hydrogen-bond acceptors (Lipinski definition) is 5. The van der Waals surface area contributed by atoms with Crippen LogP contribution < -0.4 is 10.1 Å². The Bertz CT molecular complexity index is 1040. The van der Waals surface area contributed by atoms with Gasteiger partial charge >= 0.3 is 0 Å². The topological polar surface area (TPSA) is 77.3 Å². The van der Waals surface area contributed by atoms with E-state index in [0.717, 1.165) is 35.1 Å². The third-order valence-corrected chi connectivity index (χ3v) is 5.64. The summed E-state index contributed by atoms with van der Waals surface area (Å²) in [6.07, 6.45) is 0.977. The highest BCUT2D eigenvalue weighted by atomic mass is 35.5. The highest BCUT2D eigenvalue weighted by Crippen LogP contribution is 2.30. The predicted molar refractivity (Wildman–Crippen MR) is 118 cm³/mol. The van der Waals surface area contributed by atoms with Gasteiger partial charge in [-0.15, -0.1) is 0 Å². The van der Waals surface area contributed by atoms with Gasteiger partial charge in [-0.05, 0) is 84.4 Å². The summed E-state index contributed by atoms with van der Waals surface area (Å²) in [5, 5.41) is 11.4. The molecule has 6 nitrogen and oxygen atoms in total. The number of halogens is 1. The second kappa shape index (κ2) is 9.30.